The zero-order chi connectivity index (χ0) is 12.5. The molecule has 0 aromatic heterocycles. The van der Waals surface area contributed by atoms with Gasteiger partial charge in [0.2, 0.25) is 5.91 Å². The summed E-state index contributed by atoms with van der Waals surface area (Å²) in [6.07, 6.45) is -4.06. The first-order valence-electron chi connectivity index (χ1n) is 4.78. The molecule has 0 radical (unpaired) electrons. The van der Waals surface area contributed by atoms with Crippen molar-refractivity contribution in [3.63, 3.8) is 0 Å². The fourth-order valence-electron chi connectivity index (χ4n) is 1.66. The van der Waals surface area contributed by atoms with E-state index in [-0.39, 0.29) is 11.1 Å². The van der Waals surface area contributed by atoms with Gasteiger partial charge in [0.1, 0.15) is 0 Å². The molecule has 0 fully saturated rings. The Hall–Kier alpha value is -1.52. The fraction of sp³-hybridized carbons (Fsp3) is 0.364. The van der Waals surface area contributed by atoms with Gasteiger partial charge in [-0.25, -0.2) is 0 Å². The van der Waals surface area contributed by atoms with Crippen molar-refractivity contribution in [3.05, 3.63) is 34.4 Å². The monoisotopic (exact) mass is 231 g/mol. The van der Waals surface area contributed by atoms with Gasteiger partial charge in [0.15, 0.2) is 0 Å². The lowest BCUT2D eigenvalue weighted by atomic mass is 9.96. The van der Waals surface area contributed by atoms with Gasteiger partial charge in [0, 0.05) is 5.56 Å². The van der Waals surface area contributed by atoms with Crippen molar-refractivity contribution in [1.29, 1.82) is 0 Å². The van der Waals surface area contributed by atoms with E-state index >= 15 is 0 Å². The number of rotatable bonds is 2. The number of halogens is 3. The van der Waals surface area contributed by atoms with E-state index in [9.17, 15) is 18.0 Å². The van der Waals surface area contributed by atoms with Gasteiger partial charge in [-0.15, -0.1) is 0 Å². The number of benzene rings is 1. The second-order valence-electron chi connectivity index (χ2n) is 3.54. The number of hydrogen-bond acceptors (Lipinski definition) is 1. The van der Waals surface area contributed by atoms with Crippen LogP contribution in [0.4, 0.5) is 13.2 Å². The van der Waals surface area contributed by atoms with E-state index in [1.54, 1.807) is 6.92 Å². The maximum Gasteiger partial charge on any atom is 0.416 e. The van der Waals surface area contributed by atoms with Crippen LogP contribution in [-0.4, -0.2) is 5.91 Å². The number of aryl methyl sites for hydroxylation is 2. The molecule has 1 aromatic carbocycles. The Labute approximate surface area is 91.3 Å². The normalized spacial score (nSPS) is 11.6. The minimum Gasteiger partial charge on any atom is -0.366 e. The zero-order valence-corrected chi connectivity index (χ0v) is 8.98. The standard InChI is InChI=1S/C11H12F3NO/c1-3-7-5-8(11(12,13)14)4-6(2)9(7)10(15)16/h4-5H,3H2,1-2H3,(H2,15,16). The molecule has 0 saturated carbocycles. The molecule has 0 aliphatic heterocycles. The maximum absolute atomic E-state index is 12.5. The Morgan fingerprint density at radius 2 is 1.94 bits per heavy atom. The minimum atomic E-state index is -4.40. The van der Waals surface area contributed by atoms with Crippen molar-refractivity contribution >= 4 is 5.91 Å². The number of carbonyl (C=O) groups excluding carboxylic acids is 1. The SMILES string of the molecule is CCc1cc(C(F)(F)F)cc(C)c1C(N)=O. The van der Waals surface area contributed by atoms with Crippen molar-refractivity contribution < 1.29 is 18.0 Å². The highest BCUT2D eigenvalue weighted by atomic mass is 19.4. The maximum atomic E-state index is 12.5. The van der Waals surface area contributed by atoms with E-state index in [0.29, 0.717) is 12.0 Å². The largest absolute Gasteiger partial charge is 0.416 e. The molecule has 16 heavy (non-hydrogen) atoms. The number of nitrogens with two attached hydrogens (primary N) is 1. The Bertz CT molecular complexity index is 424. The van der Waals surface area contributed by atoms with Gasteiger partial charge < -0.3 is 5.73 Å². The number of primary amides is 1. The van der Waals surface area contributed by atoms with Crippen molar-refractivity contribution in [2.24, 2.45) is 5.73 Å². The van der Waals surface area contributed by atoms with Crippen molar-refractivity contribution in [2.45, 2.75) is 26.4 Å². The molecule has 0 saturated heterocycles. The van der Waals surface area contributed by atoms with Crippen LogP contribution in [0.2, 0.25) is 0 Å². The molecule has 2 N–H and O–H groups in total. The van der Waals surface area contributed by atoms with Crippen LogP contribution in [0.15, 0.2) is 12.1 Å². The molecule has 0 spiro atoms. The number of amides is 1. The highest BCUT2D eigenvalue weighted by molar-refractivity contribution is 5.96. The van der Waals surface area contributed by atoms with Crippen molar-refractivity contribution in [2.75, 3.05) is 0 Å². The first kappa shape index (κ1) is 12.5. The van der Waals surface area contributed by atoms with E-state index in [1.165, 1.54) is 6.92 Å². The third-order valence-corrected chi connectivity index (χ3v) is 2.37. The quantitative estimate of drug-likeness (QED) is 0.835. The van der Waals surface area contributed by atoms with Crippen LogP contribution in [0.25, 0.3) is 0 Å². The summed E-state index contributed by atoms with van der Waals surface area (Å²) >= 11 is 0. The van der Waals surface area contributed by atoms with Crippen LogP contribution in [-0.2, 0) is 12.6 Å². The molecule has 1 aromatic rings. The van der Waals surface area contributed by atoms with Crippen LogP contribution in [0.1, 0.15) is 34.0 Å². The summed E-state index contributed by atoms with van der Waals surface area (Å²) < 4.78 is 37.5. The van der Waals surface area contributed by atoms with E-state index in [4.69, 9.17) is 5.73 Å². The second kappa shape index (κ2) is 4.15. The smallest absolute Gasteiger partial charge is 0.366 e. The van der Waals surface area contributed by atoms with Crippen LogP contribution >= 0.6 is 0 Å². The summed E-state index contributed by atoms with van der Waals surface area (Å²) in [5, 5.41) is 0. The molecule has 0 bridgehead atoms. The molecule has 0 unspecified atom stereocenters. The van der Waals surface area contributed by atoms with Gasteiger partial charge in [-0.05, 0) is 36.6 Å². The third-order valence-electron chi connectivity index (χ3n) is 2.37. The first-order chi connectivity index (χ1) is 7.27. The topological polar surface area (TPSA) is 43.1 Å². The predicted octanol–water partition coefficient (Wildman–Crippen LogP) is 2.68. The average Bonchev–Trinajstić information content (AvgIpc) is 2.14. The predicted molar refractivity (Wildman–Crippen MR) is 54.1 cm³/mol. The summed E-state index contributed by atoms with van der Waals surface area (Å²) in [6, 6.07) is 1.92. The van der Waals surface area contributed by atoms with E-state index < -0.39 is 17.6 Å². The van der Waals surface area contributed by atoms with Crippen LogP contribution in [0, 0.1) is 6.92 Å². The Morgan fingerprint density at radius 3 is 2.31 bits per heavy atom. The molecule has 5 heteroatoms. The average molecular weight is 231 g/mol. The molecule has 0 aliphatic carbocycles. The van der Waals surface area contributed by atoms with E-state index in [1.807, 2.05) is 0 Å². The van der Waals surface area contributed by atoms with Gasteiger partial charge in [0.25, 0.3) is 0 Å². The lowest BCUT2D eigenvalue weighted by molar-refractivity contribution is -0.137. The highest BCUT2D eigenvalue weighted by Crippen LogP contribution is 2.32. The molecule has 1 rings (SSSR count). The Kier molecular flexibility index (Phi) is 3.26. The molecule has 0 atom stereocenters. The summed E-state index contributed by atoms with van der Waals surface area (Å²) in [7, 11) is 0. The van der Waals surface area contributed by atoms with Gasteiger partial charge in [0.05, 0.1) is 5.56 Å². The van der Waals surface area contributed by atoms with E-state index in [0.717, 1.165) is 12.1 Å². The highest BCUT2D eigenvalue weighted by Gasteiger charge is 2.31. The molecule has 0 aliphatic rings. The summed E-state index contributed by atoms with van der Waals surface area (Å²) in [5.41, 5.74) is 5.17. The lowest BCUT2D eigenvalue weighted by Crippen LogP contribution is -2.17. The number of hydrogen-bond donors (Lipinski definition) is 1. The van der Waals surface area contributed by atoms with Crippen molar-refractivity contribution in [3.8, 4) is 0 Å². The molecule has 1 amide bonds. The molecule has 0 heterocycles. The first-order valence-corrected chi connectivity index (χ1v) is 4.78. The molecule has 2 nitrogen and oxygen atoms in total. The van der Waals surface area contributed by atoms with Crippen LogP contribution in [0.5, 0.6) is 0 Å². The Balaban J connectivity index is 3.44. The molecular weight excluding hydrogens is 219 g/mol. The Morgan fingerprint density at radius 1 is 1.38 bits per heavy atom. The number of alkyl halides is 3. The molecule has 88 valence electrons. The lowest BCUT2D eigenvalue weighted by Gasteiger charge is -2.13. The number of carbonyl (C=O) groups is 1. The van der Waals surface area contributed by atoms with Crippen LogP contribution in [0.3, 0.4) is 0 Å². The van der Waals surface area contributed by atoms with Gasteiger partial charge in [-0.1, -0.05) is 6.92 Å². The van der Waals surface area contributed by atoms with Crippen LogP contribution < -0.4 is 5.73 Å². The fourth-order valence-corrected chi connectivity index (χ4v) is 1.66. The zero-order valence-electron chi connectivity index (χ0n) is 8.98. The van der Waals surface area contributed by atoms with Gasteiger partial charge in [-0.3, -0.25) is 4.79 Å². The van der Waals surface area contributed by atoms with E-state index in [2.05, 4.69) is 0 Å². The van der Waals surface area contributed by atoms with Gasteiger partial charge >= 0.3 is 6.18 Å². The summed E-state index contributed by atoms with van der Waals surface area (Å²) in [6.45, 7) is 3.13. The molecular formula is C11H12F3NO. The third kappa shape index (κ3) is 2.35. The van der Waals surface area contributed by atoms with Crippen molar-refractivity contribution in [1.82, 2.24) is 0 Å². The van der Waals surface area contributed by atoms with Gasteiger partial charge in [-0.2, -0.15) is 13.2 Å². The second-order valence-corrected chi connectivity index (χ2v) is 3.54. The summed E-state index contributed by atoms with van der Waals surface area (Å²) in [4.78, 5) is 11.1. The summed E-state index contributed by atoms with van der Waals surface area (Å²) in [5.74, 6) is -0.692. The minimum absolute atomic E-state index is 0.190.